The van der Waals surface area contributed by atoms with E-state index in [1.54, 1.807) is 18.2 Å². The summed E-state index contributed by atoms with van der Waals surface area (Å²) in [6.45, 7) is 0. The Balaban J connectivity index is 2.39. The Morgan fingerprint density at radius 2 is 1.44 bits per heavy atom. The first-order valence-corrected chi connectivity index (χ1v) is 5.67. The van der Waals surface area contributed by atoms with Gasteiger partial charge in [0.1, 0.15) is 0 Å². The number of halogens is 1. The Labute approximate surface area is 102 Å². The Hall–Kier alpha value is -1.61. The predicted molar refractivity (Wildman–Crippen MR) is 70.1 cm³/mol. The fourth-order valence-corrected chi connectivity index (χ4v) is 1.73. The summed E-state index contributed by atoms with van der Waals surface area (Å²) in [4.78, 5) is 11.7. The second-order valence-electron chi connectivity index (χ2n) is 3.29. The third-order valence-electron chi connectivity index (χ3n) is 2.14. The monoisotopic (exact) mass is 275 g/mol. The Morgan fingerprint density at radius 3 is 2.25 bits per heavy atom. The van der Waals surface area contributed by atoms with Crippen LogP contribution in [0.2, 0.25) is 0 Å². The maximum atomic E-state index is 11.7. The average molecular weight is 276 g/mol. The highest BCUT2D eigenvalue weighted by molar-refractivity contribution is 9.10. The fourth-order valence-electron chi connectivity index (χ4n) is 1.34. The van der Waals surface area contributed by atoms with Crippen LogP contribution < -0.4 is 10.7 Å². The molecule has 0 aliphatic heterocycles. The van der Waals surface area contributed by atoms with Crippen LogP contribution >= 0.6 is 15.9 Å². The van der Waals surface area contributed by atoms with Crippen molar-refractivity contribution in [1.82, 2.24) is 0 Å². The first kappa shape index (κ1) is 10.9. The molecule has 0 amide bonds. The summed E-state index contributed by atoms with van der Waals surface area (Å²) in [5, 5.41) is 3.10. The Kier molecular flexibility index (Phi) is 3.37. The van der Waals surface area contributed by atoms with E-state index in [9.17, 15) is 4.79 Å². The number of nitrogens with one attached hydrogen (secondary N) is 1. The predicted octanol–water partition coefficient (Wildman–Crippen LogP) is 3.55. The molecule has 0 radical (unpaired) electrons. The lowest BCUT2D eigenvalue weighted by Crippen LogP contribution is -2.03. The number of anilines is 2. The second-order valence-corrected chi connectivity index (χ2v) is 4.15. The summed E-state index contributed by atoms with van der Waals surface area (Å²) in [6.07, 6.45) is 0. The lowest BCUT2D eigenvalue weighted by molar-refractivity contribution is 1.51. The molecular formula is C13H10BrNO. The second kappa shape index (κ2) is 4.94. The van der Waals surface area contributed by atoms with E-state index in [2.05, 4.69) is 21.2 Å². The smallest absolute Gasteiger partial charge is 0.201 e. The van der Waals surface area contributed by atoms with Crippen LogP contribution in [0.5, 0.6) is 0 Å². The van der Waals surface area contributed by atoms with Gasteiger partial charge in [0, 0.05) is 4.47 Å². The third-order valence-corrected chi connectivity index (χ3v) is 2.83. The zero-order valence-corrected chi connectivity index (χ0v) is 10.1. The number of para-hydroxylation sites is 1. The van der Waals surface area contributed by atoms with Gasteiger partial charge in [-0.25, -0.2) is 0 Å². The summed E-state index contributed by atoms with van der Waals surface area (Å²) in [6, 6.07) is 16.4. The molecule has 3 heteroatoms. The molecule has 0 aromatic heterocycles. The zero-order chi connectivity index (χ0) is 11.4. The van der Waals surface area contributed by atoms with Gasteiger partial charge in [-0.1, -0.05) is 30.3 Å². The Morgan fingerprint density at radius 1 is 0.812 bits per heavy atom. The number of hydrogen-bond donors (Lipinski definition) is 1. The maximum Gasteiger partial charge on any atom is 0.201 e. The van der Waals surface area contributed by atoms with Crippen molar-refractivity contribution in [1.29, 1.82) is 0 Å². The van der Waals surface area contributed by atoms with Gasteiger partial charge in [-0.2, -0.15) is 0 Å². The molecule has 0 aliphatic rings. The van der Waals surface area contributed by atoms with Crippen molar-refractivity contribution in [2.75, 3.05) is 5.32 Å². The molecule has 80 valence electrons. The largest absolute Gasteiger partial charge is 0.351 e. The van der Waals surface area contributed by atoms with Crippen molar-refractivity contribution >= 4 is 27.3 Å². The maximum absolute atomic E-state index is 11.7. The molecule has 0 saturated heterocycles. The summed E-state index contributed by atoms with van der Waals surface area (Å²) >= 11 is 3.43. The highest BCUT2D eigenvalue weighted by Crippen LogP contribution is 2.23. The molecule has 0 atom stereocenters. The molecule has 2 aromatic rings. The lowest BCUT2D eigenvalue weighted by Gasteiger charge is -2.05. The van der Waals surface area contributed by atoms with Gasteiger partial charge in [0.2, 0.25) is 5.43 Å². The van der Waals surface area contributed by atoms with Gasteiger partial charge in [-0.05, 0) is 40.2 Å². The summed E-state index contributed by atoms with van der Waals surface area (Å²) in [7, 11) is 0. The summed E-state index contributed by atoms with van der Waals surface area (Å²) in [5.41, 5.74) is 1.42. The normalized spacial score (nSPS) is 9.81. The van der Waals surface area contributed by atoms with E-state index in [-0.39, 0.29) is 5.43 Å². The van der Waals surface area contributed by atoms with Gasteiger partial charge < -0.3 is 5.32 Å². The van der Waals surface area contributed by atoms with Crippen molar-refractivity contribution < 1.29 is 0 Å². The van der Waals surface area contributed by atoms with Crippen LogP contribution in [0.3, 0.4) is 0 Å². The van der Waals surface area contributed by atoms with Crippen LogP contribution in [-0.4, -0.2) is 0 Å². The van der Waals surface area contributed by atoms with Crippen molar-refractivity contribution in [2.45, 2.75) is 0 Å². The molecule has 0 spiro atoms. The number of benzene rings is 1. The fraction of sp³-hybridized carbons (Fsp3) is 0. The van der Waals surface area contributed by atoms with Crippen LogP contribution in [0.4, 0.5) is 11.4 Å². The van der Waals surface area contributed by atoms with Crippen molar-refractivity contribution in [3.8, 4) is 0 Å². The topological polar surface area (TPSA) is 29.1 Å². The Bertz CT molecular complexity index is 554. The molecule has 1 N–H and O–H groups in total. The number of hydrogen-bond acceptors (Lipinski definition) is 2. The van der Waals surface area contributed by atoms with Gasteiger partial charge in [0.15, 0.2) is 0 Å². The molecular weight excluding hydrogens is 266 g/mol. The SMILES string of the molecule is O=c1cccccc1Nc1ccccc1Br. The standard InChI is InChI=1S/C13H10BrNO/c14-10-6-4-5-7-11(10)15-12-8-2-1-3-9-13(12)16/h1-9H,(H,15,16). The van der Waals surface area contributed by atoms with Gasteiger partial charge in [-0.3, -0.25) is 4.79 Å². The van der Waals surface area contributed by atoms with Crippen LogP contribution in [0.1, 0.15) is 0 Å². The minimum Gasteiger partial charge on any atom is -0.351 e. The van der Waals surface area contributed by atoms with E-state index >= 15 is 0 Å². The van der Waals surface area contributed by atoms with Crippen molar-refractivity contribution in [3.05, 3.63) is 69.3 Å². The first-order valence-electron chi connectivity index (χ1n) is 4.88. The van der Waals surface area contributed by atoms with Crippen LogP contribution in [-0.2, 0) is 0 Å². The lowest BCUT2D eigenvalue weighted by atomic mass is 10.3. The molecule has 0 heterocycles. The molecule has 0 aliphatic carbocycles. The molecule has 2 rings (SSSR count). The minimum absolute atomic E-state index is 0.0271. The van der Waals surface area contributed by atoms with Crippen LogP contribution in [0.25, 0.3) is 0 Å². The van der Waals surface area contributed by atoms with Gasteiger partial charge in [0.25, 0.3) is 0 Å². The van der Waals surface area contributed by atoms with Gasteiger partial charge in [-0.15, -0.1) is 0 Å². The minimum atomic E-state index is -0.0271. The third kappa shape index (κ3) is 2.49. The quantitative estimate of drug-likeness (QED) is 0.908. The van der Waals surface area contributed by atoms with E-state index in [0.29, 0.717) is 5.69 Å². The van der Waals surface area contributed by atoms with E-state index in [1.807, 2.05) is 36.4 Å². The zero-order valence-electron chi connectivity index (χ0n) is 8.48. The molecule has 2 aromatic carbocycles. The average Bonchev–Trinajstić information content (AvgIpc) is 2.48. The summed E-state index contributed by atoms with van der Waals surface area (Å²) in [5.74, 6) is 0. The van der Waals surface area contributed by atoms with E-state index < -0.39 is 0 Å². The van der Waals surface area contributed by atoms with Gasteiger partial charge >= 0.3 is 0 Å². The first-order chi connectivity index (χ1) is 7.77. The molecule has 0 saturated carbocycles. The summed E-state index contributed by atoms with van der Waals surface area (Å²) < 4.78 is 0.931. The molecule has 2 nitrogen and oxygen atoms in total. The highest BCUT2D eigenvalue weighted by Gasteiger charge is 2.00. The van der Waals surface area contributed by atoms with Crippen molar-refractivity contribution in [3.63, 3.8) is 0 Å². The number of rotatable bonds is 2. The van der Waals surface area contributed by atoms with E-state index in [0.717, 1.165) is 10.2 Å². The van der Waals surface area contributed by atoms with Crippen LogP contribution in [0.15, 0.2) is 63.9 Å². The van der Waals surface area contributed by atoms with E-state index in [1.165, 1.54) is 0 Å². The van der Waals surface area contributed by atoms with Crippen LogP contribution in [0, 0.1) is 0 Å². The van der Waals surface area contributed by atoms with Gasteiger partial charge in [0.05, 0.1) is 11.4 Å². The molecule has 0 unspecified atom stereocenters. The molecule has 0 fully saturated rings. The highest BCUT2D eigenvalue weighted by atomic mass is 79.9. The van der Waals surface area contributed by atoms with Crippen molar-refractivity contribution in [2.24, 2.45) is 0 Å². The molecule has 0 bridgehead atoms. The van der Waals surface area contributed by atoms with E-state index in [4.69, 9.17) is 0 Å². The molecule has 16 heavy (non-hydrogen) atoms.